The highest BCUT2D eigenvalue weighted by molar-refractivity contribution is 7.26. The molecule has 0 saturated heterocycles. The molecule has 0 atom stereocenters. The van der Waals surface area contributed by atoms with Gasteiger partial charge in [-0.15, -0.1) is 11.3 Å². The minimum atomic E-state index is 0.904. The lowest BCUT2D eigenvalue weighted by Gasteiger charge is -2.26. The minimum absolute atomic E-state index is 0.904. The van der Waals surface area contributed by atoms with Gasteiger partial charge in [0.25, 0.3) is 0 Å². The molecule has 2 heterocycles. The van der Waals surface area contributed by atoms with Crippen molar-refractivity contribution in [3.05, 3.63) is 200 Å². The van der Waals surface area contributed by atoms with Crippen LogP contribution < -0.4 is 4.90 Å². The summed E-state index contributed by atoms with van der Waals surface area (Å²) >= 11 is 1.87. The van der Waals surface area contributed by atoms with Crippen LogP contribution >= 0.6 is 11.3 Å². The number of fused-ring (bicyclic) bond motifs is 8. The molecule has 0 bridgehead atoms. The van der Waals surface area contributed by atoms with Gasteiger partial charge in [0.2, 0.25) is 0 Å². The molecule has 0 amide bonds. The molecule has 11 aromatic rings. The number of rotatable bonds is 6. The summed E-state index contributed by atoms with van der Waals surface area (Å²) < 4.78 is 9.14. The van der Waals surface area contributed by atoms with E-state index in [-0.39, 0.29) is 0 Å². The minimum Gasteiger partial charge on any atom is -0.455 e. The van der Waals surface area contributed by atoms with E-state index < -0.39 is 0 Å². The lowest BCUT2D eigenvalue weighted by molar-refractivity contribution is 0.670. The summed E-state index contributed by atoms with van der Waals surface area (Å²) in [6, 6.07) is 72.1. The molecule has 0 spiro atoms. The van der Waals surface area contributed by atoms with Gasteiger partial charge in [-0.3, -0.25) is 0 Å². The average molecular weight is 720 g/mol. The predicted molar refractivity (Wildman–Crippen MR) is 235 cm³/mol. The van der Waals surface area contributed by atoms with Crippen LogP contribution in [0.2, 0.25) is 0 Å². The van der Waals surface area contributed by atoms with Gasteiger partial charge in [0.1, 0.15) is 11.2 Å². The van der Waals surface area contributed by atoms with Crippen molar-refractivity contribution >= 4 is 81.3 Å². The Balaban J connectivity index is 1.00. The predicted octanol–water partition coefficient (Wildman–Crippen LogP) is 15.6. The fraction of sp³-hybridized carbons (Fsp3) is 0. The summed E-state index contributed by atoms with van der Waals surface area (Å²) in [5.41, 5.74) is 12.0. The summed E-state index contributed by atoms with van der Waals surface area (Å²) in [6.07, 6.45) is 0. The van der Waals surface area contributed by atoms with Gasteiger partial charge < -0.3 is 9.32 Å². The average Bonchev–Trinajstić information content (AvgIpc) is 3.84. The molecular formula is C52H33NOS. The molecule has 55 heavy (non-hydrogen) atoms. The first-order chi connectivity index (χ1) is 27.2. The SMILES string of the molecule is c1ccc(-c2ccc(N(c3ccc(-c4ccc5c(ccc6sc7ccccc7c65)c4)cc3)c3cccc(-c4cccc5c4oc4ccccc45)c3)cc2)cc1. The molecule has 2 nitrogen and oxygen atoms in total. The van der Waals surface area contributed by atoms with Crippen molar-refractivity contribution in [1.82, 2.24) is 0 Å². The van der Waals surface area contributed by atoms with E-state index in [1.807, 2.05) is 23.5 Å². The molecule has 2 aromatic heterocycles. The summed E-state index contributed by atoms with van der Waals surface area (Å²) in [4.78, 5) is 2.35. The zero-order chi connectivity index (χ0) is 36.3. The Kier molecular flexibility index (Phi) is 7.39. The van der Waals surface area contributed by atoms with E-state index in [0.717, 1.165) is 50.1 Å². The monoisotopic (exact) mass is 719 g/mol. The molecule has 258 valence electrons. The zero-order valence-corrected chi connectivity index (χ0v) is 30.6. The quantitative estimate of drug-likeness (QED) is 0.170. The third-order valence-corrected chi connectivity index (χ3v) is 12.0. The van der Waals surface area contributed by atoms with Crippen LogP contribution in [0.15, 0.2) is 205 Å². The Bertz CT molecular complexity index is 3190. The molecule has 11 rings (SSSR count). The lowest BCUT2D eigenvalue weighted by Crippen LogP contribution is -2.10. The van der Waals surface area contributed by atoms with Crippen LogP contribution in [0, 0.1) is 0 Å². The normalized spacial score (nSPS) is 11.6. The standard InChI is InChI=1S/C52H33NOS/c1-2-10-34(11-3-1)35-20-26-40(27-21-35)53(42-13-8-12-38(33-42)44-16-9-17-46-45-14-4-6-18-48(45)54-52(44)46)41-28-22-36(23-29-41)37-24-30-43-39(32-37)25-31-50-51(43)47-15-5-7-19-49(47)55-50/h1-33H. The number of nitrogens with zero attached hydrogens (tertiary/aromatic N) is 1. The molecule has 9 aromatic carbocycles. The van der Waals surface area contributed by atoms with E-state index in [1.54, 1.807) is 0 Å². The highest BCUT2D eigenvalue weighted by Crippen LogP contribution is 2.42. The fourth-order valence-corrected chi connectivity index (χ4v) is 9.33. The number of hydrogen-bond acceptors (Lipinski definition) is 3. The summed E-state index contributed by atoms with van der Waals surface area (Å²) in [5, 5.41) is 7.51. The van der Waals surface area contributed by atoms with Gasteiger partial charge in [0, 0.05) is 53.6 Å². The first-order valence-corrected chi connectivity index (χ1v) is 19.5. The summed E-state index contributed by atoms with van der Waals surface area (Å²) in [5.74, 6) is 0. The number of para-hydroxylation sites is 2. The first kappa shape index (κ1) is 31.6. The molecule has 0 fully saturated rings. The molecule has 0 aliphatic carbocycles. The van der Waals surface area contributed by atoms with E-state index in [9.17, 15) is 0 Å². The smallest absolute Gasteiger partial charge is 0.143 e. The van der Waals surface area contributed by atoms with Gasteiger partial charge in [-0.05, 0) is 99.3 Å². The maximum absolute atomic E-state index is 6.47. The van der Waals surface area contributed by atoms with Crippen LogP contribution in [0.5, 0.6) is 0 Å². The van der Waals surface area contributed by atoms with Gasteiger partial charge in [-0.25, -0.2) is 0 Å². The van der Waals surface area contributed by atoms with Crippen molar-refractivity contribution in [2.75, 3.05) is 4.90 Å². The second-order valence-electron chi connectivity index (χ2n) is 14.1. The topological polar surface area (TPSA) is 16.4 Å². The van der Waals surface area contributed by atoms with Crippen LogP contribution in [-0.4, -0.2) is 0 Å². The molecule has 0 aliphatic rings. The molecule has 3 heteroatoms. The van der Waals surface area contributed by atoms with Crippen LogP contribution in [0.3, 0.4) is 0 Å². The van der Waals surface area contributed by atoms with Crippen molar-refractivity contribution in [2.24, 2.45) is 0 Å². The van der Waals surface area contributed by atoms with E-state index in [1.165, 1.54) is 53.2 Å². The van der Waals surface area contributed by atoms with Crippen molar-refractivity contribution in [3.63, 3.8) is 0 Å². The van der Waals surface area contributed by atoms with Crippen molar-refractivity contribution in [3.8, 4) is 33.4 Å². The zero-order valence-electron chi connectivity index (χ0n) is 29.8. The molecule has 0 aliphatic heterocycles. The van der Waals surface area contributed by atoms with Crippen LogP contribution in [-0.2, 0) is 0 Å². The third-order valence-electron chi connectivity index (χ3n) is 10.9. The van der Waals surface area contributed by atoms with E-state index in [0.29, 0.717) is 0 Å². The highest BCUT2D eigenvalue weighted by Gasteiger charge is 2.17. The van der Waals surface area contributed by atoms with E-state index in [4.69, 9.17) is 4.42 Å². The van der Waals surface area contributed by atoms with Gasteiger partial charge in [-0.1, -0.05) is 140 Å². The number of thiophene rings is 1. The fourth-order valence-electron chi connectivity index (χ4n) is 8.20. The van der Waals surface area contributed by atoms with Crippen LogP contribution in [0.4, 0.5) is 17.1 Å². The molecule has 0 unspecified atom stereocenters. The Morgan fingerprint density at radius 3 is 1.82 bits per heavy atom. The molecule has 0 N–H and O–H groups in total. The second kappa shape index (κ2) is 12.9. The van der Waals surface area contributed by atoms with Gasteiger partial charge in [0.05, 0.1) is 0 Å². The van der Waals surface area contributed by atoms with Crippen LogP contribution in [0.1, 0.15) is 0 Å². The van der Waals surface area contributed by atoms with Gasteiger partial charge in [-0.2, -0.15) is 0 Å². The van der Waals surface area contributed by atoms with Crippen LogP contribution in [0.25, 0.3) is 86.3 Å². The molecular weight excluding hydrogens is 687 g/mol. The number of benzene rings is 9. The number of furan rings is 1. The Labute approximate surface area is 322 Å². The van der Waals surface area contributed by atoms with Crippen molar-refractivity contribution in [2.45, 2.75) is 0 Å². The van der Waals surface area contributed by atoms with Gasteiger partial charge in [0.15, 0.2) is 0 Å². The Hall–Kier alpha value is -6.94. The largest absolute Gasteiger partial charge is 0.455 e. The van der Waals surface area contributed by atoms with E-state index >= 15 is 0 Å². The lowest BCUT2D eigenvalue weighted by atomic mass is 9.98. The van der Waals surface area contributed by atoms with Gasteiger partial charge >= 0.3 is 0 Å². The van der Waals surface area contributed by atoms with E-state index in [2.05, 4.69) is 193 Å². The maximum atomic E-state index is 6.47. The molecule has 0 saturated carbocycles. The van der Waals surface area contributed by atoms with Crippen molar-refractivity contribution < 1.29 is 4.42 Å². The Morgan fingerprint density at radius 2 is 1.00 bits per heavy atom. The molecule has 0 radical (unpaired) electrons. The summed E-state index contributed by atoms with van der Waals surface area (Å²) in [7, 11) is 0. The number of hydrogen-bond donors (Lipinski definition) is 0. The maximum Gasteiger partial charge on any atom is 0.143 e. The first-order valence-electron chi connectivity index (χ1n) is 18.7. The third kappa shape index (κ3) is 5.40. The number of anilines is 3. The Morgan fingerprint density at radius 1 is 0.364 bits per heavy atom. The second-order valence-corrected chi connectivity index (χ2v) is 15.2. The van der Waals surface area contributed by atoms with Crippen molar-refractivity contribution in [1.29, 1.82) is 0 Å². The summed E-state index contributed by atoms with van der Waals surface area (Å²) in [6.45, 7) is 0. The highest BCUT2D eigenvalue weighted by atomic mass is 32.1.